The van der Waals surface area contributed by atoms with Gasteiger partial charge in [-0.15, -0.1) is 0 Å². The summed E-state index contributed by atoms with van der Waals surface area (Å²) in [4.78, 5) is 0. The van der Waals surface area contributed by atoms with E-state index in [4.69, 9.17) is 11.6 Å². The van der Waals surface area contributed by atoms with Gasteiger partial charge in [0.2, 0.25) is 0 Å². The van der Waals surface area contributed by atoms with Gasteiger partial charge in [-0.3, -0.25) is 0 Å². The van der Waals surface area contributed by atoms with Crippen LogP contribution in [0, 0.1) is 11.8 Å². The molecule has 0 radical (unpaired) electrons. The maximum atomic E-state index is 12.1. The van der Waals surface area contributed by atoms with Gasteiger partial charge in [-0.25, -0.2) is 0 Å². The highest BCUT2D eigenvalue weighted by molar-refractivity contribution is 6.32. The van der Waals surface area contributed by atoms with E-state index >= 15 is 0 Å². The molecule has 0 spiro atoms. The van der Waals surface area contributed by atoms with Crippen molar-refractivity contribution in [1.29, 1.82) is 0 Å². The van der Waals surface area contributed by atoms with E-state index < -0.39 is 6.61 Å². The molecular weight excluding hydrogens is 284 g/mol. The topological polar surface area (TPSA) is 21.3 Å². The highest BCUT2D eigenvalue weighted by Gasteiger charge is 2.18. The number of ether oxygens (including phenoxy) is 1. The summed E-state index contributed by atoms with van der Waals surface area (Å²) in [5, 5.41) is 3.53. The minimum absolute atomic E-state index is 0.0125. The molecule has 2 rings (SSSR count). The molecule has 0 bridgehead atoms. The number of nitrogens with one attached hydrogen (secondary N) is 1. The molecular formula is C15H20ClF2NO. The van der Waals surface area contributed by atoms with Gasteiger partial charge < -0.3 is 10.1 Å². The van der Waals surface area contributed by atoms with Crippen molar-refractivity contribution in [3.8, 4) is 5.75 Å². The first kappa shape index (κ1) is 15.4. The summed E-state index contributed by atoms with van der Waals surface area (Å²) < 4.78 is 28.6. The molecule has 112 valence electrons. The zero-order valence-electron chi connectivity index (χ0n) is 11.5. The number of hydrogen-bond donors (Lipinski definition) is 1. The Bertz CT molecular complexity index is 442. The summed E-state index contributed by atoms with van der Waals surface area (Å²) in [7, 11) is 0. The zero-order chi connectivity index (χ0) is 14.5. The van der Waals surface area contributed by atoms with Crippen molar-refractivity contribution in [2.75, 3.05) is 11.9 Å². The minimum Gasteiger partial charge on any atom is -0.433 e. The zero-order valence-corrected chi connectivity index (χ0v) is 12.3. The van der Waals surface area contributed by atoms with Crippen LogP contribution in [-0.4, -0.2) is 13.2 Å². The van der Waals surface area contributed by atoms with Crippen molar-refractivity contribution in [3.05, 3.63) is 23.2 Å². The lowest BCUT2D eigenvalue weighted by molar-refractivity contribution is -0.0497. The normalized spacial score (nSPS) is 22.9. The van der Waals surface area contributed by atoms with Crippen LogP contribution >= 0.6 is 11.6 Å². The first-order valence-electron chi connectivity index (χ1n) is 7.03. The second kappa shape index (κ2) is 7.11. The van der Waals surface area contributed by atoms with Crippen LogP contribution in [0.1, 0.15) is 32.6 Å². The van der Waals surface area contributed by atoms with Crippen molar-refractivity contribution < 1.29 is 13.5 Å². The predicted molar refractivity (Wildman–Crippen MR) is 77.7 cm³/mol. The average molecular weight is 304 g/mol. The fourth-order valence-electron chi connectivity index (χ4n) is 2.81. The SMILES string of the molecule is CC1CCCC(CNc2ccc(OC(F)F)c(Cl)c2)C1. The molecule has 1 N–H and O–H groups in total. The van der Waals surface area contributed by atoms with Crippen LogP contribution < -0.4 is 10.1 Å². The second-order valence-corrected chi connectivity index (χ2v) is 5.95. The van der Waals surface area contributed by atoms with Crippen molar-refractivity contribution in [2.24, 2.45) is 11.8 Å². The Labute approximate surface area is 123 Å². The molecule has 2 atom stereocenters. The summed E-state index contributed by atoms with van der Waals surface area (Å²) >= 11 is 5.92. The fourth-order valence-corrected chi connectivity index (χ4v) is 3.03. The molecule has 1 aromatic rings. The highest BCUT2D eigenvalue weighted by atomic mass is 35.5. The summed E-state index contributed by atoms with van der Waals surface area (Å²) in [6, 6.07) is 4.82. The standard InChI is InChI=1S/C15H20ClF2NO/c1-10-3-2-4-11(7-10)9-19-12-5-6-14(13(16)8-12)20-15(17)18/h5-6,8,10-11,15,19H,2-4,7,9H2,1H3. The smallest absolute Gasteiger partial charge is 0.387 e. The number of alkyl halides is 2. The molecule has 0 aliphatic heterocycles. The lowest BCUT2D eigenvalue weighted by atomic mass is 9.82. The van der Waals surface area contributed by atoms with Gasteiger partial charge in [0.05, 0.1) is 5.02 Å². The minimum atomic E-state index is -2.85. The Morgan fingerprint density at radius 3 is 2.85 bits per heavy atom. The second-order valence-electron chi connectivity index (χ2n) is 5.54. The van der Waals surface area contributed by atoms with Crippen LogP contribution in [0.5, 0.6) is 5.75 Å². The third kappa shape index (κ3) is 4.51. The van der Waals surface area contributed by atoms with Gasteiger partial charge in [0.1, 0.15) is 5.75 Å². The van der Waals surface area contributed by atoms with Crippen molar-refractivity contribution >= 4 is 17.3 Å². The predicted octanol–water partition coefficient (Wildman–Crippen LogP) is 5.18. The molecule has 0 heterocycles. The fraction of sp³-hybridized carbons (Fsp3) is 0.600. The lowest BCUT2D eigenvalue weighted by Gasteiger charge is -2.27. The van der Waals surface area contributed by atoms with Gasteiger partial charge >= 0.3 is 6.61 Å². The first-order chi connectivity index (χ1) is 9.54. The Balaban J connectivity index is 1.88. The van der Waals surface area contributed by atoms with E-state index in [0.29, 0.717) is 5.92 Å². The Morgan fingerprint density at radius 2 is 2.20 bits per heavy atom. The van der Waals surface area contributed by atoms with Crippen molar-refractivity contribution in [3.63, 3.8) is 0 Å². The van der Waals surface area contributed by atoms with Crippen molar-refractivity contribution in [1.82, 2.24) is 0 Å². The molecule has 1 fully saturated rings. The molecule has 5 heteroatoms. The van der Waals surface area contributed by atoms with Crippen LogP contribution in [0.15, 0.2) is 18.2 Å². The van der Waals surface area contributed by atoms with E-state index in [0.717, 1.165) is 18.2 Å². The summed E-state index contributed by atoms with van der Waals surface area (Å²) in [5.74, 6) is 1.48. The van der Waals surface area contributed by atoms with Crippen LogP contribution in [0.3, 0.4) is 0 Å². The summed E-state index contributed by atoms with van der Waals surface area (Å²) in [6.45, 7) is 0.338. The third-order valence-corrected chi connectivity index (χ3v) is 4.08. The van der Waals surface area contributed by atoms with Gasteiger partial charge in [0.15, 0.2) is 0 Å². The molecule has 20 heavy (non-hydrogen) atoms. The molecule has 1 aromatic carbocycles. The van der Waals surface area contributed by atoms with E-state index in [-0.39, 0.29) is 10.8 Å². The molecule has 2 nitrogen and oxygen atoms in total. The van der Waals surface area contributed by atoms with Crippen LogP contribution in [-0.2, 0) is 0 Å². The molecule has 0 saturated heterocycles. The van der Waals surface area contributed by atoms with Crippen molar-refractivity contribution in [2.45, 2.75) is 39.2 Å². The molecule has 0 aromatic heterocycles. The Hall–Kier alpha value is -1.03. The maximum Gasteiger partial charge on any atom is 0.387 e. The lowest BCUT2D eigenvalue weighted by Crippen LogP contribution is -2.21. The van der Waals surface area contributed by atoms with Gasteiger partial charge in [0, 0.05) is 12.2 Å². The first-order valence-corrected chi connectivity index (χ1v) is 7.40. The Morgan fingerprint density at radius 1 is 1.40 bits per heavy atom. The van der Waals surface area contributed by atoms with Crippen LogP contribution in [0.4, 0.5) is 14.5 Å². The number of anilines is 1. The number of halogens is 3. The Kier molecular flexibility index (Phi) is 5.46. The molecule has 1 saturated carbocycles. The van der Waals surface area contributed by atoms with E-state index in [1.807, 2.05) is 0 Å². The van der Waals surface area contributed by atoms with Gasteiger partial charge in [-0.2, -0.15) is 8.78 Å². The van der Waals surface area contributed by atoms with Gasteiger partial charge in [-0.1, -0.05) is 31.4 Å². The van der Waals surface area contributed by atoms with Gasteiger partial charge in [0.25, 0.3) is 0 Å². The molecule has 1 aliphatic rings. The number of benzene rings is 1. The van der Waals surface area contributed by atoms with E-state index in [9.17, 15) is 8.78 Å². The maximum absolute atomic E-state index is 12.1. The van der Waals surface area contributed by atoms with Crippen LogP contribution in [0.25, 0.3) is 0 Å². The monoisotopic (exact) mass is 303 g/mol. The quantitative estimate of drug-likeness (QED) is 0.809. The average Bonchev–Trinajstić information content (AvgIpc) is 2.39. The summed E-state index contributed by atoms with van der Waals surface area (Å²) in [6.07, 6.45) is 5.10. The number of hydrogen-bond acceptors (Lipinski definition) is 2. The summed E-state index contributed by atoms with van der Waals surface area (Å²) in [5.41, 5.74) is 0.842. The largest absolute Gasteiger partial charge is 0.433 e. The van der Waals surface area contributed by atoms with E-state index in [1.54, 1.807) is 12.1 Å². The molecule has 2 unspecified atom stereocenters. The number of rotatable bonds is 5. The molecule has 1 aliphatic carbocycles. The van der Waals surface area contributed by atoms with Gasteiger partial charge in [-0.05, 0) is 42.9 Å². The highest BCUT2D eigenvalue weighted by Crippen LogP contribution is 2.31. The van der Waals surface area contributed by atoms with E-state index in [2.05, 4.69) is 17.0 Å². The van der Waals surface area contributed by atoms with E-state index in [1.165, 1.54) is 31.7 Å². The molecule has 0 amide bonds. The van der Waals surface area contributed by atoms with Crippen LogP contribution in [0.2, 0.25) is 5.02 Å². The third-order valence-electron chi connectivity index (χ3n) is 3.79.